The highest BCUT2D eigenvalue weighted by atomic mass is 16.3. The average Bonchev–Trinajstić information content (AvgIpc) is 3.96. The van der Waals surface area contributed by atoms with Gasteiger partial charge in [0.15, 0.2) is 5.82 Å². The van der Waals surface area contributed by atoms with Crippen LogP contribution in [0.5, 0.6) is 0 Å². The van der Waals surface area contributed by atoms with Crippen molar-refractivity contribution in [3.8, 4) is 50.7 Å². The Bertz CT molecular complexity index is 3540. The maximum atomic E-state index is 6.48. The van der Waals surface area contributed by atoms with Crippen molar-refractivity contribution in [1.82, 2.24) is 14.5 Å². The van der Waals surface area contributed by atoms with E-state index in [1.807, 2.05) is 48.5 Å². The van der Waals surface area contributed by atoms with E-state index in [-0.39, 0.29) is 0 Å². The Morgan fingerprint density at radius 1 is 0.368 bits per heavy atom. The fourth-order valence-corrected chi connectivity index (χ4v) is 8.62. The van der Waals surface area contributed by atoms with Gasteiger partial charge in [-0.05, 0) is 47.5 Å². The monoisotopic (exact) mass is 729 g/mol. The number of nitrogens with zero attached hydrogens (tertiary/aromatic N) is 3. The first kappa shape index (κ1) is 31.6. The van der Waals surface area contributed by atoms with Crippen LogP contribution in [-0.2, 0) is 0 Å². The smallest absolute Gasteiger partial charge is 0.162 e. The summed E-state index contributed by atoms with van der Waals surface area (Å²) in [5.74, 6) is 1.43. The van der Waals surface area contributed by atoms with Gasteiger partial charge in [-0.15, -0.1) is 0 Å². The SMILES string of the molecule is c1ccc(-c2nc(-c3ccc4c(c3)oc3ccccc34)cc(-n3c4ccccc4c4cccc(-c5cccc(-c6cccc7c6oc6ccccc67)c5)c43)n2)cc1. The summed E-state index contributed by atoms with van der Waals surface area (Å²) in [6.07, 6.45) is 0. The molecular weight excluding hydrogens is 699 g/mol. The van der Waals surface area contributed by atoms with Crippen molar-refractivity contribution in [2.24, 2.45) is 0 Å². The number of benzene rings is 8. The van der Waals surface area contributed by atoms with Crippen LogP contribution in [0.4, 0.5) is 0 Å². The Balaban J connectivity index is 1.09. The van der Waals surface area contributed by atoms with Crippen molar-refractivity contribution < 1.29 is 8.83 Å². The van der Waals surface area contributed by atoms with Crippen molar-refractivity contribution >= 4 is 65.7 Å². The molecule has 4 heterocycles. The third-order valence-corrected chi connectivity index (χ3v) is 11.2. The minimum atomic E-state index is 0.650. The van der Waals surface area contributed by atoms with Crippen molar-refractivity contribution in [2.75, 3.05) is 0 Å². The number of aromatic nitrogens is 3. The number of para-hydroxylation sites is 5. The van der Waals surface area contributed by atoms with Crippen LogP contribution in [0, 0.1) is 0 Å². The van der Waals surface area contributed by atoms with E-state index in [1.165, 1.54) is 0 Å². The zero-order valence-corrected chi connectivity index (χ0v) is 30.6. The topological polar surface area (TPSA) is 57.0 Å². The number of furan rings is 2. The molecule has 0 aliphatic heterocycles. The molecule has 0 bridgehead atoms. The van der Waals surface area contributed by atoms with Gasteiger partial charge in [0.05, 0.1) is 16.7 Å². The fraction of sp³-hybridized carbons (Fsp3) is 0. The van der Waals surface area contributed by atoms with E-state index >= 15 is 0 Å². The van der Waals surface area contributed by atoms with Gasteiger partial charge < -0.3 is 8.83 Å². The Labute approximate surface area is 326 Å². The Morgan fingerprint density at radius 2 is 0.982 bits per heavy atom. The highest BCUT2D eigenvalue weighted by molar-refractivity contribution is 6.14. The molecule has 0 amide bonds. The van der Waals surface area contributed by atoms with E-state index in [0.717, 1.165) is 111 Å². The van der Waals surface area contributed by atoms with Crippen LogP contribution in [0.2, 0.25) is 0 Å². The molecule has 12 aromatic rings. The second kappa shape index (κ2) is 12.4. The minimum absolute atomic E-state index is 0.650. The van der Waals surface area contributed by atoms with Gasteiger partial charge >= 0.3 is 0 Å². The van der Waals surface area contributed by atoms with Gasteiger partial charge in [-0.3, -0.25) is 4.57 Å². The molecule has 5 nitrogen and oxygen atoms in total. The standard InChI is InChI=1S/C52H31N3O2/c1-2-13-32(14-3-1)52-53-44(35-27-28-41-39-18-5-8-25-46(39)56-48(41)30-35)31-49(54-52)55-45-24-7-4-17-38(45)42-22-11-20-36(50(42)55)33-15-10-16-34(29-33)37-21-12-23-43-40-19-6-9-26-47(40)57-51(37)43/h1-31H. The summed E-state index contributed by atoms with van der Waals surface area (Å²) in [5.41, 5.74) is 12.7. The summed E-state index contributed by atoms with van der Waals surface area (Å²) >= 11 is 0. The zero-order valence-electron chi connectivity index (χ0n) is 30.6. The summed E-state index contributed by atoms with van der Waals surface area (Å²) < 4.78 is 15.1. The van der Waals surface area contributed by atoms with Gasteiger partial charge in [0.2, 0.25) is 0 Å². The lowest BCUT2D eigenvalue weighted by Gasteiger charge is -2.14. The van der Waals surface area contributed by atoms with E-state index in [0.29, 0.717) is 5.82 Å². The normalized spacial score (nSPS) is 11.9. The summed E-state index contributed by atoms with van der Waals surface area (Å²) in [4.78, 5) is 10.5. The quantitative estimate of drug-likeness (QED) is 0.177. The number of fused-ring (bicyclic) bond motifs is 9. The molecule has 0 spiro atoms. The molecule has 0 aliphatic carbocycles. The third kappa shape index (κ3) is 4.96. The van der Waals surface area contributed by atoms with E-state index < -0.39 is 0 Å². The molecule has 5 heteroatoms. The molecule has 0 N–H and O–H groups in total. The van der Waals surface area contributed by atoms with Crippen molar-refractivity contribution in [1.29, 1.82) is 0 Å². The Hall–Kier alpha value is -7.76. The molecule has 0 atom stereocenters. The second-order valence-corrected chi connectivity index (χ2v) is 14.5. The molecule has 0 saturated carbocycles. The van der Waals surface area contributed by atoms with Crippen LogP contribution >= 0.6 is 0 Å². The predicted molar refractivity (Wildman–Crippen MR) is 233 cm³/mol. The fourth-order valence-electron chi connectivity index (χ4n) is 8.62. The van der Waals surface area contributed by atoms with Crippen molar-refractivity contribution in [3.05, 3.63) is 188 Å². The Morgan fingerprint density at radius 3 is 1.82 bits per heavy atom. The van der Waals surface area contributed by atoms with Gasteiger partial charge in [0, 0.05) is 60.6 Å². The molecule has 266 valence electrons. The first-order chi connectivity index (χ1) is 28.2. The molecule has 8 aromatic carbocycles. The summed E-state index contributed by atoms with van der Waals surface area (Å²) in [6.45, 7) is 0. The molecule has 0 aliphatic rings. The predicted octanol–water partition coefficient (Wildman–Crippen LogP) is 14.0. The number of rotatable bonds is 5. The summed E-state index contributed by atoms with van der Waals surface area (Å²) in [5, 5.41) is 6.72. The molecule has 0 radical (unpaired) electrons. The molecule has 4 aromatic heterocycles. The van der Waals surface area contributed by atoms with Gasteiger partial charge in [0.25, 0.3) is 0 Å². The average molecular weight is 730 g/mol. The van der Waals surface area contributed by atoms with E-state index in [2.05, 4.69) is 144 Å². The third-order valence-electron chi connectivity index (χ3n) is 11.2. The number of hydrogen-bond acceptors (Lipinski definition) is 4. The molecule has 0 saturated heterocycles. The van der Waals surface area contributed by atoms with Crippen LogP contribution in [0.25, 0.3) is 116 Å². The summed E-state index contributed by atoms with van der Waals surface area (Å²) in [6, 6.07) is 65.5. The Kier molecular flexibility index (Phi) is 6.86. The van der Waals surface area contributed by atoms with Gasteiger partial charge in [-0.2, -0.15) is 0 Å². The van der Waals surface area contributed by atoms with Crippen LogP contribution in [0.15, 0.2) is 197 Å². The summed E-state index contributed by atoms with van der Waals surface area (Å²) in [7, 11) is 0. The zero-order chi connectivity index (χ0) is 37.5. The van der Waals surface area contributed by atoms with Crippen molar-refractivity contribution in [2.45, 2.75) is 0 Å². The van der Waals surface area contributed by atoms with E-state index in [9.17, 15) is 0 Å². The molecule has 0 fully saturated rings. The van der Waals surface area contributed by atoms with Crippen LogP contribution in [0.1, 0.15) is 0 Å². The van der Waals surface area contributed by atoms with Crippen molar-refractivity contribution in [3.63, 3.8) is 0 Å². The number of hydrogen-bond donors (Lipinski definition) is 0. The lowest BCUT2D eigenvalue weighted by atomic mass is 9.96. The van der Waals surface area contributed by atoms with Crippen LogP contribution in [0.3, 0.4) is 0 Å². The van der Waals surface area contributed by atoms with E-state index in [4.69, 9.17) is 18.8 Å². The van der Waals surface area contributed by atoms with E-state index in [1.54, 1.807) is 0 Å². The lowest BCUT2D eigenvalue weighted by molar-refractivity contribution is 0.669. The van der Waals surface area contributed by atoms with Crippen LogP contribution in [-0.4, -0.2) is 14.5 Å². The largest absolute Gasteiger partial charge is 0.456 e. The highest BCUT2D eigenvalue weighted by Crippen LogP contribution is 2.42. The van der Waals surface area contributed by atoms with Gasteiger partial charge in [-0.1, -0.05) is 146 Å². The van der Waals surface area contributed by atoms with Gasteiger partial charge in [0.1, 0.15) is 28.1 Å². The first-order valence-electron chi connectivity index (χ1n) is 19.1. The second-order valence-electron chi connectivity index (χ2n) is 14.5. The molecule has 12 rings (SSSR count). The molecule has 0 unspecified atom stereocenters. The lowest BCUT2D eigenvalue weighted by Crippen LogP contribution is -2.03. The molecule has 57 heavy (non-hydrogen) atoms. The minimum Gasteiger partial charge on any atom is -0.456 e. The molecular formula is C52H31N3O2. The first-order valence-corrected chi connectivity index (χ1v) is 19.1. The highest BCUT2D eigenvalue weighted by Gasteiger charge is 2.21. The maximum Gasteiger partial charge on any atom is 0.162 e. The maximum absolute atomic E-state index is 6.48. The van der Waals surface area contributed by atoms with Gasteiger partial charge in [-0.25, -0.2) is 9.97 Å². The van der Waals surface area contributed by atoms with Crippen LogP contribution < -0.4 is 0 Å².